The maximum Gasteiger partial charge on any atom is 0.355 e. The first-order valence-corrected chi connectivity index (χ1v) is 6.09. The fourth-order valence-electron chi connectivity index (χ4n) is 1.45. The number of hydrogen-bond acceptors (Lipinski definition) is 8. The van der Waals surface area contributed by atoms with E-state index in [9.17, 15) is 30.0 Å². The molecular formula is C10H8N2O7S-2. The van der Waals surface area contributed by atoms with Crippen LogP contribution in [0.1, 0.15) is 22.6 Å². The number of hydrogen-bond donors (Lipinski definition) is 1. The van der Waals surface area contributed by atoms with Crippen LogP contribution in [0.2, 0.25) is 0 Å². The number of carbonyl (C=O) groups is 2. The van der Waals surface area contributed by atoms with Crippen molar-refractivity contribution in [2.45, 2.75) is 19.3 Å². The van der Waals surface area contributed by atoms with Gasteiger partial charge in [0.1, 0.15) is 0 Å². The Balaban J connectivity index is 3.04. The van der Waals surface area contributed by atoms with E-state index in [-0.39, 0.29) is 34.7 Å². The molecule has 1 aromatic rings. The van der Waals surface area contributed by atoms with E-state index < -0.39 is 22.6 Å². The summed E-state index contributed by atoms with van der Waals surface area (Å²) in [4.78, 5) is 31.2. The Morgan fingerprint density at radius 3 is 2.55 bits per heavy atom. The predicted molar refractivity (Wildman–Crippen MR) is 66.5 cm³/mol. The van der Waals surface area contributed by atoms with Gasteiger partial charge in [-0.15, -0.1) is 11.3 Å². The van der Waals surface area contributed by atoms with Crippen LogP contribution in [0, 0.1) is 15.3 Å². The third kappa shape index (κ3) is 3.75. The molecule has 1 N–H and O–H groups in total. The molecule has 0 saturated heterocycles. The molecule has 1 heterocycles. The van der Waals surface area contributed by atoms with Gasteiger partial charge in [-0.3, -0.25) is 10.1 Å². The molecule has 0 aliphatic rings. The monoisotopic (exact) mass is 300 g/mol. The van der Waals surface area contributed by atoms with Crippen LogP contribution in [0.4, 0.5) is 5.69 Å². The zero-order valence-electron chi connectivity index (χ0n) is 9.90. The first kappa shape index (κ1) is 15.6. The molecule has 0 amide bonds. The topological polar surface area (TPSA) is 156 Å². The van der Waals surface area contributed by atoms with Crippen LogP contribution in [-0.2, 0) is 16.0 Å². The van der Waals surface area contributed by atoms with Crippen LogP contribution in [0.25, 0.3) is 0 Å². The lowest BCUT2D eigenvalue weighted by molar-refractivity contribution is -0.385. The molecule has 0 aliphatic carbocycles. The van der Waals surface area contributed by atoms with E-state index in [2.05, 4.69) is 5.16 Å². The molecule has 10 heteroatoms. The van der Waals surface area contributed by atoms with Crippen LogP contribution < -0.4 is 5.11 Å². The van der Waals surface area contributed by atoms with Gasteiger partial charge < -0.3 is 25.4 Å². The first-order chi connectivity index (χ1) is 9.36. The van der Waals surface area contributed by atoms with E-state index >= 15 is 0 Å². The normalized spacial score (nSPS) is 11.3. The van der Waals surface area contributed by atoms with Crippen molar-refractivity contribution in [2.24, 2.45) is 5.16 Å². The largest absolute Gasteiger partial charge is 0.791 e. The van der Waals surface area contributed by atoms with Crippen molar-refractivity contribution in [3.05, 3.63) is 31.1 Å². The summed E-state index contributed by atoms with van der Waals surface area (Å²) < 4.78 is 0. The molecule has 0 aliphatic heterocycles. The van der Waals surface area contributed by atoms with Gasteiger partial charge in [0.05, 0.1) is 14.7 Å². The van der Waals surface area contributed by atoms with Crippen molar-refractivity contribution in [3.63, 3.8) is 0 Å². The van der Waals surface area contributed by atoms with Gasteiger partial charge in [0.15, 0.2) is 5.71 Å². The summed E-state index contributed by atoms with van der Waals surface area (Å²) in [5.41, 5.74) is -1.17. The van der Waals surface area contributed by atoms with Crippen LogP contribution in [0.5, 0.6) is 0 Å². The molecule has 0 bridgehead atoms. The number of aryl methyl sites for hydroxylation is 1. The number of aliphatic carboxylic acids is 2. The number of carbonyl (C=O) groups excluding carboxylic acids is 1. The summed E-state index contributed by atoms with van der Waals surface area (Å²) in [6.45, 7) is 0. The fourth-order valence-corrected chi connectivity index (χ4v) is 2.59. The predicted octanol–water partition coefficient (Wildman–Crippen LogP) is 0.100. The molecule has 9 nitrogen and oxygen atoms in total. The Morgan fingerprint density at radius 2 is 2.10 bits per heavy atom. The quantitative estimate of drug-likeness (QED) is 0.425. The summed E-state index contributed by atoms with van der Waals surface area (Å²) in [6, 6.07) is 0.948. The highest BCUT2D eigenvalue weighted by Crippen LogP contribution is 2.31. The average Bonchev–Trinajstić information content (AvgIpc) is 2.73. The number of carboxylic acids is 2. The third-order valence-electron chi connectivity index (χ3n) is 2.30. The summed E-state index contributed by atoms with van der Waals surface area (Å²) in [5, 5.41) is 42.6. The lowest BCUT2D eigenvalue weighted by atomic mass is 10.2. The molecule has 0 aromatic carbocycles. The molecule has 0 radical (unpaired) electrons. The second-order valence-electron chi connectivity index (χ2n) is 3.65. The van der Waals surface area contributed by atoms with E-state index in [1.165, 1.54) is 0 Å². The minimum Gasteiger partial charge on any atom is -0.791 e. The molecular weight excluding hydrogens is 292 g/mol. The van der Waals surface area contributed by atoms with E-state index in [4.69, 9.17) is 5.11 Å². The first-order valence-electron chi connectivity index (χ1n) is 5.27. The highest BCUT2D eigenvalue weighted by molar-refractivity contribution is 7.15. The van der Waals surface area contributed by atoms with Gasteiger partial charge >= 0.3 is 5.97 Å². The van der Waals surface area contributed by atoms with Gasteiger partial charge in [0, 0.05) is 12.0 Å². The van der Waals surface area contributed by atoms with Crippen molar-refractivity contribution < 1.29 is 24.7 Å². The van der Waals surface area contributed by atoms with Crippen LogP contribution in [-0.4, -0.2) is 27.7 Å². The Morgan fingerprint density at radius 1 is 1.45 bits per heavy atom. The van der Waals surface area contributed by atoms with Gasteiger partial charge in [0.2, 0.25) is 0 Å². The van der Waals surface area contributed by atoms with Crippen LogP contribution in [0.3, 0.4) is 0 Å². The highest BCUT2D eigenvalue weighted by atomic mass is 32.1. The summed E-state index contributed by atoms with van der Waals surface area (Å²) in [6.07, 6.45) is -0.0907. The lowest BCUT2D eigenvalue weighted by Gasteiger charge is -2.00. The molecule has 0 saturated carbocycles. The standard InChI is InChI=1S/C10H10N2O7S/c13-8(14)3-1-2-6-5(12(18)19)4-7(20-6)9(11-17)10(15)16/h4,17H,1-3H2,(H,13,14)(H,15,16)/p-2/b11-9-. The molecule has 20 heavy (non-hydrogen) atoms. The summed E-state index contributed by atoms with van der Waals surface area (Å²) >= 11 is 0.734. The third-order valence-corrected chi connectivity index (χ3v) is 3.49. The number of nitrogens with zero attached hydrogens (tertiary/aromatic N) is 2. The Kier molecular flexibility index (Phi) is 5.15. The minimum atomic E-state index is -1.59. The van der Waals surface area contributed by atoms with E-state index in [0.717, 1.165) is 17.4 Å². The fraction of sp³-hybridized carbons (Fsp3) is 0.300. The number of rotatable bonds is 7. The van der Waals surface area contributed by atoms with E-state index in [1.807, 2.05) is 0 Å². The maximum absolute atomic E-state index is 10.8. The Labute approximate surface area is 115 Å². The summed E-state index contributed by atoms with van der Waals surface area (Å²) in [7, 11) is 0. The minimum absolute atomic E-state index is 0.0702. The van der Waals surface area contributed by atoms with Crippen molar-refractivity contribution >= 4 is 34.7 Å². The lowest BCUT2D eigenvalue weighted by Crippen LogP contribution is -2.21. The van der Waals surface area contributed by atoms with E-state index in [1.54, 1.807) is 0 Å². The molecule has 0 fully saturated rings. The van der Waals surface area contributed by atoms with Crippen LogP contribution in [0.15, 0.2) is 11.2 Å². The van der Waals surface area contributed by atoms with Gasteiger partial charge in [0.25, 0.3) is 5.69 Å². The van der Waals surface area contributed by atoms with Crippen molar-refractivity contribution in [1.29, 1.82) is 0 Å². The SMILES string of the molecule is O=C([O-])CCCc1sc(/C(=N/[O-])C(=O)O)cc1[N+](=O)[O-]. The second kappa shape index (κ2) is 6.61. The Bertz CT molecular complexity index is 578. The second-order valence-corrected chi connectivity index (χ2v) is 4.78. The van der Waals surface area contributed by atoms with Gasteiger partial charge in [-0.1, -0.05) is 0 Å². The molecule has 108 valence electrons. The number of carboxylic acid groups (broad SMARTS) is 2. The Hall–Kier alpha value is -2.49. The molecule has 1 aromatic heterocycles. The number of thiophene rings is 1. The molecule has 0 unspecified atom stereocenters. The molecule has 0 atom stereocenters. The zero-order valence-corrected chi connectivity index (χ0v) is 10.7. The molecule has 1 rings (SSSR count). The van der Waals surface area contributed by atoms with Gasteiger partial charge in [-0.25, -0.2) is 4.79 Å². The number of nitro groups is 1. The van der Waals surface area contributed by atoms with Crippen molar-refractivity contribution in [2.75, 3.05) is 0 Å². The maximum atomic E-state index is 10.8. The van der Waals surface area contributed by atoms with E-state index in [0.29, 0.717) is 0 Å². The molecule has 0 spiro atoms. The smallest absolute Gasteiger partial charge is 0.355 e. The average molecular weight is 300 g/mol. The van der Waals surface area contributed by atoms with Crippen LogP contribution >= 0.6 is 11.3 Å². The van der Waals surface area contributed by atoms with Gasteiger partial charge in [-0.2, -0.15) is 0 Å². The van der Waals surface area contributed by atoms with Crippen molar-refractivity contribution in [3.8, 4) is 0 Å². The van der Waals surface area contributed by atoms with Gasteiger partial charge in [-0.05, 0) is 19.3 Å². The highest BCUT2D eigenvalue weighted by Gasteiger charge is 2.23. The zero-order chi connectivity index (χ0) is 15.3. The van der Waals surface area contributed by atoms with Crippen molar-refractivity contribution in [1.82, 2.24) is 0 Å². The summed E-state index contributed by atoms with van der Waals surface area (Å²) in [5.74, 6) is -2.87.